The Morgan fingerprint density at radius 3 is 2.61 bits per heavy atom. The molecule has 98 valence electrons. The van der Waals surface area contributed by atoms with Crippen LogP contribution >= 0.6 is 0 Å². The largest absolute Gasteiger partial charge is 0.307 e. The number of hydrogen-bond acceptors (Lipinski definition) is 1. The summed E-state index contributed by atoms with van der Waals surface area (Å²) < 4.78 is 40.0. The van der Waals surface area contributed by atoms with Gasteiger partial charge in [-0.3, -0.25) is 0 Å². The molecule has 0 radical (unpaired) electrons. The second-order valence-corrected chi connectivity index (χ2v) is 4.43. The van der Waals surface area contributed by atoms with Gasteiger partial charge in [-0.15, -0.1) is 0 Å². The summed E-state index contributed by atoms with van der Waals surface area (Å²) in [6.07, 6.45) is 4.91. The van der Waals surface area contributed by atoms with Crippen molar-refractivity contribution in [1.82, 2.24) is 5.32 Å². The molecule has 0 fully saturated rings. The lowest BCUT2D eigenvalue weighted by atomic mass is 9.97. The lowest BCUT2D eigenvalue weighted by molar-refractivity contribution is 0.432. The van der Waals surface area contributed by atoms with Gasteiger partial charge >= 0.3 is 0 Å². The summed E-state index contributed by atoms with van der Waals surface area (Å²) in [5.74, 6) is -3.63. The van der Waals surface area contributed by atoms with Crippen LogP contribution in [-0.4, -0.2) is 6.54 Å². The molecule has 1 atom stereocenters. The van der Waals surface area contributed by atoms with E-state index in [1.165, 1.54) is 6.07 Å². The zero-order chi connectivity index (χ0) is 13.1. The zero-order valence-corrected chi connectivity index (χ0v) is 10.3. The fourth-order valence-corrected chi connectivity index (χ4v) is 2.37. The number of allylic oxidation sites excluding steroid dienone is 1. The molecule has 1 unspecified atom stereocenters. The first-order valence-corrected chi connectivity index (χ1v) is 6.20. The first-order chi connectivity index (χ1) is 8.65. The van der Waals surface area contributed by atoms with Crippen molar-refractivity contribution in [3.05, 3.63) is 46.8 Å². The van der Waals surface area contributed by atoms with E-state index in [0.29, 0.717) is 6.54 Å². The summed E-state index contributed by atoms with van der Waals surface area (Å²) >= 11 is 0. The maximum atomic E-state index is 13.8. The summed E-state index contributed by atoms with van der Waals surface area (Å²) in [7, 11) is 0. The van der Waals surface area contributed by atoms with Gasteiger partial charge in [0.25, 0.3) is 0 Å². The van der Waals surface area contributed by atoms with Crippen LogP contribution < -0.4 is 5.32 Å². The minimum absolute atomic E-state index is 0.184. The van der Waals surface area contributed by atoms with Crippen LogP contribution in [0.4, 0.5) is 13.2 Å². The van der Waals surface area contributed by atoms with Crippen LogP contribution in [0.3, 0.4) is 0 Å². The first kappa shape index (κ1) is 13.1. The fourth-order valence-electron chi connectivity index (χ4n) is 2.37. The van der Waals surface area contributed by atoms with E-state index in [4.69, 9.17) is 0 Å². The van der Waals surface area contributed by atoms with Crippen molar-refractivity contribution in [2.24, 2.45) is 0 Å². The second kappa shape index (κ2) is 5.57. The van der Waals surface area contributed by atoms with E-state index < -0.39 is 17.5 Å². The van der Waals surface area contributed by atoms with Crippen molar-refractivity contribution in [3.8, 4) is 0 Å². The van der Waals surface area contributed by atoms with E-state index >= 15 is 0 Å². The Morgan fingerprint density at radius 2 is 2.00 bits per heavy atom. The molecule has 0 heterocycles. The Morgan fingerprint density at radius 1 is 1.22 bits per heavy atom. The normalized spacial score (nSPS) is 16.8. The minimum Gasteiger partial charge on any atom is -0.307 e. The molecular weight excluding hydrogens is 239 g/mol. The lowest BCUT2D eigenvalue weighted by Gasteiger charge is -2.20. The Kier molecular flexibility index (Phi) is 4.07. The van der Waals surface area contributed by atoms with E-state index in [1.807, 2.05) is 13.0 Å². The molecular formula is C14H16F3N. The minimum atomic E-state index is -1.39. The first-order valence-electron chi connectivity index (χ1n) is 6.20. The van der Waals surface area contributed by atoms with Gasteiger partial charge in [-0.2, -0.15) is 0 Å². The highest BCUT2D eigenvalue weighted by atomic mass is 19.2. The summed E-state index contributed by atoms with van der Waals surface area (Å²) in [6, 6.07) is 1.95. The number of benzene rings is 1. The molecule has 0 saturated heterocycles. The molecule has 0 aliphatic heterocycles. The number of halogens is 3. The SMILES string of the molecule is CCNC(C1=CCCC1)c1ccc(F)c(F)c1F. The molecule has 0 saturated carbocycles. The highest BCUT2D eigenvalue weighted by Crippen LogP contribution is 2.32. The summed E-state index contributed by atoms with van der Waals surface area (Å²) in [4.78, 5) is 0. The standard InChI is InChI=1S/C14H16F3N/c1-2-18-14(9-5-3-4-6-9)10-7-8-11(15)13(17)12(10)16/h5,7-8,14,18H,2-4,6H2,1H3. The summed E-state index contributed by atoms with van der Waals surface area (Å²) in [6.45, 7) is 2.54. The van der Waals surface area contributed by atoms with Crippen LogP contribution in [0, 0.1) is 17.5 Å². The van der Waals surface area contributed by atoms with Gasteiger partial charge in [0.1, 0.15) is 0 Å². The maximum absolute atomic E-state index is 13.8. The van der Waals surface area contributed by atoms with Crippen LogP contribution in [-0.2, 0) is 0 Å². The molecule has 0 amide bonds. The van der Waals surface area contributed by atoms with Crippen molar-refractivity contribution in [3.63, 3.8) is 0 Å². The number of rotatable bonds is 4. The molecule has 0 aromatic heterocycles. The van der Waals surface area contributed by atoms with Crippen LogP contribution in [0.1, 0.15) is 37.8 Å². The van der Waals surface area contributed by atoms with Crippen molar-refractivity contribution < 1.29 is 13.2 Å². The molecule has 0 spiro atoms. The van der Waals surface area contributed by atoms with E-state index in [0.717, 1.165) is 30.9 Å². The predicted octanol–water partition coefficient (Wildman–Crippen LogP) is 3.86. The molecule has 0 bridgehead atoms. The molecule has 1 aromatic carbocycles. The predicted molar refractivity (Wildman–Crippen MR) is 64.7 cm³/mol. The molecule has 4 heteroatoms. The molecule has 1 aliphatic carbocycles. The molecule has 1 N–H and O–H groups in total. The number of nitrogens with one attached hydrogen (secondary N) is 1. The molecule has 1 aliphatic rings. The third kappa shape index (κ3) is 2.43. The van der Waals surface area contributed by atoms with Gasteiger partial charge in [0.2, 0.25) is 0 Å². The lowest BCUT2D eigenvalue weighted by Crippen LogP contribution is -2.24. The van der Waals surface area contributed by atoms with E-state index in [2.05, 4.69) is 5.32 Å². The zero-order valence-electron chi connectivity index (χ0n) is 10.3. The molecule has 2 rings (SSSR count). The topological polar surface area (TPSA) is 12.0 Å². The number of hydrogen-bond donors (Lipinski definition) is 1. The van der Waals surface area contributed by atoms with Gasteiger partial charge < -0.3 is 5.32 Å². The second-order valence-electron chi connectivity index (χ2n) is 4.43. The fraction of sp³-hybridized carbons (Fsp3) is 0.429. The van der Waals surface area contributed by atoms with Gasteiger partial charge in [-0.1, -0.05) is 24.6 Å². The van der Waals surface area contributed by atoms with Crippen LogP contribution in [0.15, 0.2) is 23.8 Å². The van der Waals surface area contributed by atoms with E-state index in [-0.39, 0.29) is 11.6 Å². The van der Waals surface area contributed by atoms with E-state index in [1.54, 1.807) is 0 Å². The van der Waals surface area contributed by atoms with Gasteiger partial charge in [0.15, 0.2) is 17.5 Å². The van der Waals surface area contributed by atoms with Crippen molar-refractivity contribution in [2.45, 2.75) is 32.2 Å². The van der Waals surface area contributed by atoms with Gasteiger partial charge in [-0.25, -0.2) is 13.2 Å². The monoisotopic (exact) mass is 255 g/mol. The van der Waals surface area contributed by atoms with Gasteiger partial charge in [0, 0.05) is 5.56 Å². The quantitative estimate of drug-likeness (QED) is 0.636. The molecule has 1 nitrogen and oxygen atoms in total. The average molecular weight is 255 g/mol. The van der Waals surface area contributed by atoms with Crippen LogP contribution in [0.2, 0.25) is 0 Å². The highest BCUT2D eigenvalue weighted by Gasteiger charge is 2.24. The summed E-state index contributed by atoms with van der Waals surface area (Å²) in [5.41, 5.74) is 1.24. The average Bonchev–Trinajstić information content (AvgIpc) is 2.88. The van der Waals surface area contributed by atoms with Crippen molar-refractivity contribution in [2.75, 3.05) is 6.54 Å². The van der Waals surface area contributed by atoms with Crippen molar-refractivity contribution in [1.29, 1.82) is 0 Å². The maximum Gasteiger partial charge on any atom is 0.194 e. The Hall–Kier alpha value is -1.29. The highest BCUT2D eigenvalue weighted by molar-refractivity contribution is 5.32. The van der Waals surface area contributed by atoms with Gasteiger partial charge in [-0.05, 0) is 31.9 Å². The summed E-state index contributed by atoms with van der Waals surface area (Å²) in [5, 5.41) is 3.13. The Balaban J connectivity index is 2.39. The van der Waals surface area contributed by atoms with Crippen LogP contribution in [0.5, 0.6) is 0 Å². The van der Waals surface area contributed by atoms with Crippen molar-refractivity contribution >= 4 is 0 Å². The van der Waals surface area contributed by atoms with Gasteiger partial charge in [0.05, 0.1) is 6.04 Å². The third-order valence-corrected chi connectivity index (χ3v) is 3.23. The Bertz CT molecular complexity index is 468. The van der Waals surface area contributed by atoms with E-state index in [9.17, 15) is 13.2 Å². The smallest absolute Gasteiger partial charge is 0.194 e. The molecule has 18 heavy (non-hydrogen) atoms. The third-order valence-electron chi connectivity index (χ3n) is 3.23. The van der Waals surface area contributed by atoms with Crippen LogP contribution in [0.25, 0.3) is 0 Å². The Labute approximate surface area is 105 Å². The number of likely N-dealkylation sites (N-methyl/N-ethyl adjacent to an activating group) is 1. The molecule has 1 aromatic rings.